The highest BCUT2D eigenvalue weighted by molar-refractivity contribution is 5.37. The number of nitrogens with two attached hydrogens (primary N) is 1. The lowest BCUT2D eigenvalue weighted by Crippen LogP contribution is -2.36. The summed E-state index contributed by atoms with van der Waals surface area (Å²) in [6, 6.07) is -0.0000997. The Morgan fingerprint density at radius 2 is 2.12 bits per heavy atom. The molecule has 0 aliphatic carbocycles. The van der Waals surface area contributed by atoms with Crippen molar-refractivity contribution in [3.8, 4) is 0 Å². The molecule has 5 nitrogen and oxygen atoms in total. The number of nitro groups is 1. The highest BCUT2D eigenvalue weighted by Crippen LogP contribution is 2.32. The van der Waals surface area contributed by atoms with Crippen LogP contribution < -0.4 is 5.73 Å². The summed E-state index contributed by atoms with van der Waals surface area (Å²) in [5.41, 5.74) is 3.82. The number of hydrogen-bond donors (Lipinski definition) is 2. The van der Waals surface area contributed by atoms with E-state index in [2.05, 4.69) is 0 Å². The van der Waals surface area contributed by atoms with Gasteiger partial charge in [-0.15, -0.1) is 0 Å². The molecular weight excluding hydrogens is 241 g/mol. The molecule has 0 radical (unpaired) electrons. The van der Waals surface area contributed by atoms with Crippen molar-refractivity contribution in [3.63, 3.8) is 0 Å². The van der Waals surface area contributed by atoms with Gasteiger partial charge in [-0.3, -0.25) is 10.1 Å². The maximum absolute atomic E-state index is 13.2. The zero-order valence-electron chi connectivity index (χ0n) is 8.44. The van der Waals surface area contributed by atoms with Crippen molar-refractivity contribution in [1.82, 2.24) is 0 Å². The fourth-order valence-corrected chi connectivity index (χ4v) is 1.21. The normalized spacial score (nSPS) is 13.5. The van der Waals surface area contributed by atoms with Gasteiger partial charge in [0.15, 0.2) is 0 Å². The van der Waals surface area contributed by atoms with Crippen molar-refractivity contribution in [2.75, 3.05) is 6.61 Å². The molecule has 0 saturated heterocycles. The molecule has 0 spiro atoms. The van der Waals surface area contributed by atoms with Gasteiger partial charge in [-0.2, -0.15) is 0 Å². The lowest BCUT2D eigenvalue weighted by Gasteiger charge is -2.21. The Morgan fingerprint density at radius 1 is 1.53 bits per heavy atom. The van der Waals surface area contributed by atoms with E-state index in [1.807, 2.05) is 0 Å². The summed E-state index contributed by atoms with van der Waals surface area (Å²) in [7, 11) is 0. The Bertz CT molecular complexity index is 439. The predicted octanol–water partition coefficient (Wildman–Crippen LogP) is 1.36. The first-order chi connectivity index (χ1) is 7.79. The lowest BCUT2D eigenvalue weighted by molar-refractivity contribution is -0.385. The zero-order chi connectivity index (χ0) is 13.2. The number of benzene rings is 1. The Labute approximate surface area is 93.8 Å². The fourth-order valence-electron chi connectivity index (χ4n) is 1.21. The van der Waals surface area contributed by atoms with Crippen LogP contribution in [-0.4, -0.2) is 22.6 Å². The van der Waals surface area contributed by atoms with E-state index >= 15 is 0 Å². The highest BCUT2D eigenvalue weighted by Gasteiger charge is 2.39. The van der Waals surface area contributed by atoms with E-state index in [-0.39, 0.29) is 0 Å². The minimum atomic E-state index is -3.75. The average molecular weight is 250 g/mol. The van der Waals surface area contributed by atoms with E-state index in [9.17, 15) is 23.3 Å². The molecule has 1 atom stereocenters. The molecule has 1 aromatic rings. The van der Waals surface area contributed by atoms with Crippen molar-refractivity contribution in [3.05, 3.63) is 39.7 Å². The van der Waals surface area contributed by atoms with Crippen molar-refractivity contribution in [2.45, 2.75) is 12.0 Å². The van der Waals surface area contributed by atoms with E-state index in [4.69, 9.17) is 10.8 Å². The van der Waals surface area contributed by atoms with Gasteiger partial charge in [0.25, 0.3) is 11.6 Å². The quantitative estimate of drug-likeness (QED) is 0.623. The fraction of sp³-hybridized carbons (Fsp3) is 0.333. The molecule has 0 unspecified atom stereocenters. The minimum Gasteiger partial charge on any atom is -0.390 e. The van der Waals surface area contributed by atoms with Crippen LogP contribution in [-0.2, 0) is 0 Å². The molecule has 0 aromatic heterocycles. The van der Waals surface area contributed by atoms with Gasteiger partial charge in [-0.05, 0) is 6.07 Å². The summed E-state index contributed by atoms with van der Waals surface area (Å²) in [5.74, 6) is -4.84. The predicted molar refractivity (Wildman–Crippen MR) is 52.0 cm³/mol. The van der Waals surface area contributed by atoms with Gasteiger partial charge in [0, 0.05) is 17.7 Å². The summed E-state index contributed by atoms with van der Waals surface area (Å²) in [5, 5.41) is 18.8. The molecule has 0 bridgehead atoms. The van der Waals surface area contributed by atoms with E-state index in [1.165, 1.54) is 0 Å². The standard InChI is InChI=1S/C9H9F3N2O3/c10-7-2-1-5(14(16)17)3-6(7)8(13)9(11,12)4-15/h1-3,8,15H,4,13H2/t8-/m1/s1. The Kier molecular flexibility index (Phi) is 3.69. The van der Waals surface area contributed by atoms with Gasteiger partial charge < -0.3 is 10.8 Å². The van der Waals surface area contributed by atoms with Crippen LogP contribution in [0.4, 0.5) is 18.9 Å². The number of nitrogens with zero attached hydrogens (tertiary/aromatic N) is 1. The van der Waals surface area contributed by atoms with Crippen LogP contribution in [0.15, 0.2) is 18.2 Å². The van der Waals surface area contributed by atoms with Crippen LogP contribution >= 0.6 is 0 Å². The monoisotopic (exact) mass is 250 g/mol. The second-order valence-corrected chi connectivity index (χ2v) is 3.36. The van der Waals surface area contributed by atoms with Gasteiger partial charge in [0.1, 0.15) is 12.4 Å². The van der Waals surface area contributed by atoms with Crippen molar-refractivity contribution < 1.29 is 23.2 Å². The van der Waals surface area contributed by atoms with Gasteiger partial charge in [-0.25, -0.2) is 13.2 Å². The number of aliphatic hydroxyl groups excluding tert-OH is 1. The molecule has 0 heterocycles. The van der Waals surface area contributed by atoms with Gasteiger partial charge in [0.05, 0.1) is 11.0 Å². The molecule has 17 heavy (non-hydrogen) atoms. The number of halogens is 3. The smallest absolute Gasteiger partial charge is 0.289 e. The van der Waals surface area contributed by atoms with E-state index in [1.54, 1.807) is 0 Å². The second-order valence-electron chi connectivity index (χ2n) is 3.36. The molecule has 0 amide bonds. The largest absolute Gasteiger partial charge is 0.390 e. The molecule has 0 aliphatic rings. The SMILES string of the molecule is N[C@H](c1cc([N+](=O)[O-])ccc1F)C(F)(F)CO. The number of aliphatic hydroxyl groups is 1. The summed E-state index contributed by atoms with van der Waals surface area (Å²) in [6.07, 6.45) is 0. The van der Waals surface area contributed by atoms with Crippen LogP contribution in [0.1, 0.15) is 11.6 Å². The molecule has 0 fully saturated rings. The van der Waals surface area contributed by atoms with Crippen LogP contribution in [0.2, 0.25) is 0 Å². The maximum atomic E-state index is 13.2. The molecule has 0 saturated carbocycles. The molecule has 3 N–H and O–H groups in total. The topological polar surface area (TPSA) is 89.4 Å². The Balaban J connectivity index is 3.21. The number of hydrogen-bond acceptors (Lipinski definition) is 4. The molecule has 1 aromatic carbocycles. The summed E-state index contributed by atoms with van der Waals surface area (Å²) in [6.45, 7) is -1.57. The van der Waals surface area contributed by atoms with Crippen LogP contribution in [0, 0.1) is 15.9 Å². The van der Waals surface area contributed by atoms with Crippen molar-refractivity contribution in [2.24, 2.45) is 5.73 Å². The summed E-state index contributed by atoms with van der Waals surface area (Å²) in [4.78, 5) is 9.56. The number of non-ortho nitro benzene ring substituents is 1. The third-order valence-corrected chi connectivity index (χ3v) is 2.19. The zero-order valence-corrected chi connectivity index (χ0v) is 8.44. The first kappa shape index (κ1) is 13.4. The van der Waals surface area contributed by atoms with E-state index in [0.717, 1.165) is 6.07 Å². The third-order valence-electron chi connectivity index (χ3n) is 2.19. The summed E-state index contributed by atoms with van der Waals surface area (Å²) < 4.78 is 39.3. The van der Waals surface area contributed by atoms with Crippen LogP contribution in [0.25, 0.3) is 0 Å². The van der Waals surface area contributed by atoms with E-state index in [0.29, 0.717) is 12.1 Å². The van der Waals surface area contributed by atoms with Crippen LogP contribution in [0.3, 0.4) is 0 Å². The van der Waals surface area contributed by atoms with Gasteiger partial charge >= 0.3 is 0 Å². The lowest BCUT2D eigenvalue weighted by atomic mass is 10.0. The molecule has 0 aliphatic heterocycles. The van der Waals surface area contributed by atoms with Gasteiger partial charge in [-0.1, -0.05) is 0 Å². The van der Waals surface area contributed by atoms with Crippen LogP contribution in [0.5, 0.6) is 0 Å². The first-order valence-corrected chi connectivity index (χ1v) is 4.47. The number of rotatable bonds is 4. The molecule has 94 valence electrons. The third kappa shape index (κ3) is 2.71. The molecular formula is C9H9F3N2O3. The summed E-state index contributed by atoms with van der Waals surface area (Å²) >= 11 is 0. The highest BCUT2D eigenvalue weighted by atomic mass is 19.3. The van der Waals surface area contributed by atoms with Crippen molar-refractivity contribution >= 4 is 5.69 Å². The Hall–Kier alpha value is -1.67. The second kappa shape index (κ2) is 4.68. The van der Waals surface area contributed by atoms with Crippen molar-refractivity contribution in [1.29, 1.82) is 0 Å². The maximum Gasteiger partial charge on any atom is 0.289 e. The average Bonchev–Trinajstić information content (AvgIpc) is 2.28. The number of nitro benzene ring substituents is 1. The van der Waals surface area contributed by atoms with Gasteiger partial charge in [0.2, 0.25) is 0 Å². The molecule has 8 heteroatoms. The Morgan fingerprint density at radius 3 is 2.59 bits per heavy atom. The number of alkyl halides is 2. The molecule has 1 rings (SSSR count). The minimum absolute atomic E-state index is 0.550. The first-order valence-electron chi connectivity index (χ1n) is 4.47. The van der Waals surface area contributed by atoms with E-state index < -0.39 is 40.6 Å².